The van der Waals surface area contributed by atoms with Gasteiger partial charge >= 0.3 is 0 Å². The molecule has 0 saturated carbocycles. The van der Waals surface area contributed by atoms with Gasteiger partial charge in [-0.1, -0.05) is 12.1 Å². The molecule has 26 heavy (non-hydrogen) atoms. The largest absolute Gasteiger partial charge is 0.497 e. The van der Waals surface area contributed by atoms with Crippen molar-refractivity contribution in [3.63, 3.8) is 0 Å². The number of H-pyrrole nitrogens is 1. The van der Waals surface area contributed by atoms with Crippen LogP contribution in [0.4, 0.5) is 11.6 Å². The molecule has 1 fully saturated rings. The van der Waals surface area contributed by atoms with E-state index < -0.39 is 0 Å². The van der Waals surface area contributed by atoms with Crippen LogP contribution in [0.5, 0.6) is 11.5 Å². The van der Waals surface area contributed by atoms with Crippen LogP contribution in [-0.4, -0.2) is 42.7 Å². The number of ether oxygens (including phenoxy) is 2. The lowest BCUT2D eigenvalue weighted by atomic mass is 10.2. The molecule has 0 bridgehead atoms. The number of hydrogen-bond acceptors (Lipinski definition) is 5. The normalized spacial score (nSPS) is 16.9. The van der Waals surface area contributed by atoms with Crippen molar-refractivity contribution in [2.45, 2.75) is 12.5 Å². The van der Waals surface area contributed by atoms with Gasteiger partial charge in [0.1, 0.15) is 17.5 Å². The second kappa shape index (κ2) is 6.59. The minimum absolute atomic E-state index is 0.000706. The molecule has 1 atom stereocenters. The highest BCUT2D eigenvalue weighted by atomic mass is 16.5. The second-order valence-electron chi connectivity index (χ2n) is 6.15. The lowest BCUT2D eigenvalue weighted by Gasteiger charge is -2.19. The molecule has 3 aromatic rings. The van der Waals surface area contributed by atoms with Crippen molar-refractivity contribution in [1.82, 2.24) is 9.97 Å². The first-order valence-corrected chi connectivity index (χ1v) is 8.43. The topological polar surface area (TPSA) is 79.5 Å². The van der Waals surface area contributed by atoms with Crippen molar-refractivity contribution < 1.29 is 14.3 Å². The Morgan fingerprint density at radius 2 is 1.88 bits per heavy atom. The van der Waals surface area contributed by atoms with Crippen LogP contribution in [0.15, 0.2) is 42.5 Å². The molecule has 1 aliphatic rings. The standard InChI is InChI=1S/C19H20N4O3/c1-25-13-9-12(10-14(11-13)26-2)23-8-7-17(18(23)24)22-19-20-15-5-3-4-6-16(15)21-19/h3-6,9-11,17H,7-8H2,1-2H3,(H2,20,21,22). The zero-order chi connectivity index (χ0) is 18.1. The number of methoxy groups -OCH3 is 2. The van der Waals surface area contributed by atoms with Gasteiger partial charge in [-0.25, -0.2) is 4.98 Å². The third kappa shape index (κ3) is 2.92. The molecule has 2 heterocycles. The number of carbonyl (C=O) groups excluding carboxylic acids is 1. The van der Waals surface area contributed by atoms with Gasteiger partial charge in [-0.3, -0.25) is 4.79 Å². The summed E-state index contributed by atoms with van der Waals surface area (Å²) in [6.45, 7) is 0.618. The minimum atomic E-state index is -0.326. The molecule has 1 saturated heterocycles. The third-order valence-corrected chi connectivity index (χ3v) is 4.55. The quantitative estimate of drug-likeness (QED) is 0.738. The average Bonchev–Trinajstić information content (AvgIpc) is 3.24. The van der Waals surface area contributed by atoms with Crippen molar-refractivity contribution in [1.29, 1.82) is 0 Å². The van der Waals surface area contributed by atoms with Gasteiger partial charge in [-0.05, 0) is 18.6 Å². The predicted molar refractivity (Wildman–Crippen MR) is 100 cm³/mol. The Morgan fingerprint density at radius 3 is 2.58 bits per heavy atom. The van der Waals surface area contributed by atoms with E-state index in [9.17, 15) is 4.79 Å². The lowest BCUT2D eigenvalue weighted by molar-refractivity contribution is -0.117. The number of aromatic amines is 1. The SMILES string of the molecule is COc1cc(OC)cc(N2CCC(Nc3nc4ccccc4[nH]3)C2=O)c1. The van der Waals surface area contributed by atoms with Crippen LogP contribution in [-0.2, 0) is 4.79 Å². The van der Waals surface area contributed by atoms with Gasteiger partial charge in [0.25, 0.3) is 0 Å². The zero-order valence-corrected chi connectivity index (χ0v) is 14.7. The van der Waals surface area contributed by atoms with Gasteiger partial charge in [0.15, 0.2) is 0 Å². The number of hydrogen-bond donors (Lipinski definition) is 2. The number of carbonyl (C=O) groups is 1. The van der Waals surface area contributed by atoms with Gasteiger partial charge in [-0.2, -0.15) is 0 Å². The third-order valence-electron chi connectivity index (χ3n) is 4.55. The summed E-state index contributed by atoms with van der Waals surface area (Å²) < 4.78 is 10.6. The highest BCUT2D eigenvalue weighted by Crippen LogP contribution is 2.31. The summed E-state index contributed by atoms with van der Waals surface area (Å²) in [6.07, 6.45) is 0.690. The van der Waals surface area contributed by atoms with Crippen molar-refractivity contribution in [3.8, 4) is 11.5 Å². The number of fused-ring (bicyclic) bond motifs is 1. The summed E-state index contributed by atoms with van der Waals surface area (Å²) >= 11 is 0. The predicted octanol–water partition coefficient (Wildman–Crippen LogP) is 2.80. The fourth-order valence-corrected chi connectivity index (χ4v) is 3.20. The Labute approximate surface area is 150 Å². The average molecular weight is 352 g/mol. The van der Waals surface area contributed by atoms with Gasteiger partial charge in [0.2, 0.25) is 11.9 Å². The maximum atomic E-state index is 12.9. The molecule has 1 amide bonds. The van der Waals surface area contributed by atoms with Crippen LogP contribution in [0.25, 0.3) is 11.0 Å². The minimum Gasteiger partial charge on any atom is -0.497 e. The van der Waals surface area contributed by atoms with Gasteiger partial charge in [0.05, 0.1) is 30.9 Å². The van der Waals surface area contributed by atoms with Crippen LogP contribution >= 0.6 is 0 Å². The number of para-hydroxylation sites is 2. The maximum absolute atomic E-state index is 12.9. The van der Waals surface area contributed by atoms with Crippen molar-refractivity contribution in [2.75, 3.05) is 31.0 Å². The Bertz CT molecular complexity index is 898. The number of nitrogens with one attached hydrogen (secondary N) is 2. The number of amides is 1. The summed E-state index contributed by atoms with van der Waals surface area (Å²) in [5, 5.41) is 3.22. The van der Waals surface area contributed by atoms with Crippen molar-refractivity contribution in [2.24, 2.45) is 0 Å². The van der Waals surface area contributed by atoms with E-state index in [2.05, 4.69) is 15.3 Å². The van der Waals surface area contributed by atoms with Crippen molar-refractivity contribution >= 4 is 28.6 Å². The van der Waals surface area contributed by atoms with Crippen LogP contribution in [0.1, 0.15) is 6.42 Å². The first kappa shape index (κ1) is 16.3. The van der Waals surface area contributed by atoms with E-state index in [1.807, 2.05) is 36.4 Å². The fourth-order valence-electron chi connectivity index (χ4n) is 3.20. The monoisotopic (exact) mass is 352 g/mol. The molecule has 1 unspecified atom stereocenters. The Kier molecular flexibility index (Phi) is 4.12. The molecule has 1 aromatic heterocycles. The smallest absolute Gasteiger partial charge is 0.249 e. The fraction of sp³-hybridized carbons (Fsp3) is 0.263. The van der Waals surface area contributed by atoms with Crippen LogP contribution in [0.3, 0.4) is 0 Å². The molecule has 7 nitrogen and oxygen atoms in total. The first-order chi connectivity index (χ1) is 12.7. The molecule has 1 aliphatic heterocycles. The van der Waals surface area contributed by atoms with E-state index in [1.54, 1.807) is 25.2 Å². The highest BCUT2D eigenvalue weighted by molar-refractivity contribution is 6.01. The van der Waals surface area contributed by atoms with E-state index in [4.69, 9.17) is 9.47 Å². The zero-order valence-electron chi connectivity index (χ0n) is 14.7. The Balaban J connectivity index is 1.54. The molecule has 0 radical (unpaired) electrons. The lowest BCUT2D eigenvalue weighted by Crippen LogP contribution is -2.33. The van der Waals surface area contributed by atoms with Gasteiger partial charge in [-0.15, -0.1) is 0 Å². The molecular weight excluding hydrogens is 332 g/mol. The highest BCUT2D eigenvalue weighted by Gasteiger charge is 2.33. The number of anilines is 2. The van der Waals surface area contributed by atoms with Gasteiger partial charge in [0, 0.05) is 24.7 Å². The second-order valence-corrected chi connectivity index (χ2v) is 6.15. The molecule has 4 rings (SSSR count). The van der Waals surface area contributed by atoms with Crippen molar-refractivity contribution in [3.05, 3.63) is 42.5 Å². The van der Waals surface area contributed by atoms with E-state index in [0.29, 0.717) is 30.4 Å². The number of nitrogens with zero attached hydrogens (tertiary/aromatic N) is 2. The summed E-state index contributed by atoms with van der Waals surface area (Å²) in [7, 11) is 3.19. The molecular formula is C19H20N4O3. The number of benzene rings is 2. The molecule has 134 valence electrons. The molecule has 0 aliphatic carbocycles. The number of imidazole rings is 1. The van der Waals surface area contributed by atoms with E-state index in [-0.39, 0.29) is 11.9 Å². The summed E-state index contributed by atoms with van der Waals surface area (Å²) in [6, 6.07) is 12.9. The molecule has 7 heteroatoms. The van der Waals surface area contributed by atoms with Crippen LogP contribution in [0, 0.1) is 0 Å². The summed E-state index contributed by atoms with van der Waals surface area (Å²) in [5.41, 5.74) is 2.57. The van der Waals surface area contributed by atoms with E-state index >= 15 is 0 Å². The number of rotatable bonds is 5. The van der Waals surface area contributed by atoms with E-state index in [0.717, 1.165) is 16.7 Å². The van der Waals surface area contributed by atoms with Crippen LogP contribution < -0.4 is 19.7 Å². The van der Waals surface area contributed by atoms with Crippen LogP contribution in [0.2, 0.25) is 0 Å². The Hall–Kier alpha value is -3.22. The molecule has 2 N–H and O–H groups in total. The summed E-state index contributed by atoms with van der Waals surface area (Å²) in [4.78, 5) is 22.3. The molecule has 2 aromatic carbocycles. The molecule has 0 spiro atoms. The maximum Gasteiger partial charge on any atom is 0.249 e. The number of aromatic nitrogens is 2. The first-order valence-electron chi connectivity index (χ1n) is 8.43. The van der Waals surface area contributed by atoms with Gasteiger partial charge < -0.3 is 24.7 Å². The summed E-state index contributed by atoms with van der Waals surface area (Å²) in [5.74, 6) is 1.91. The van der Waals surface area contributed by atoms with E-state index in [1.165, 1.54) is 0 Å². The Morgan fingerprint density at radius 1 is 1.15 bits per heavy atom.